The van der Waals surface area contributed by atoms with E-state index in [1.165, 1.54) is 225 Å². The van der Waals surface area contributed by atoms with Crippen molar-refractivity contribution in [2.75, 3.05) is 13.2 Å². The summed E-state index contributed by atoms with van der Waals surface area (Å²) < 4.78 is 33.8. The van der Waals surface area contributed by atoms with Crippen molar-refractivity contribution in [1.82, 2.24) is 0 Å². The van der Waals surface area contributed by atoms with Crippen LogP contribution in [0, 0.1) is 0 Å². The van der Waals surface area contributed by atoms with E-state index in [1.54, 1.807) is 0 Å². The van der Waals surface area contributed by atoms with Crippen LogP contribution in [0.4, 0.5) is 0 Å². The number of hydrogen-bond acceptors (Lipinski definition) is 12. The second-order valence-corrected chi connectivity index (χ2v) is 23.0. The molecule has 0 heterocycles. The van der Waals surface area contributed by atoms with Gasteiger partial charge in [-0.05, 0) is 12.8 Å². The predicted molar refractivity (Wildman–Crippen MR) is 291 cm³/mol. The normalized spacial score (nSPS) is 20.4. The quantitative estimate of drug-likeness (QED) is 0.0191. The standard InChI is InChI=1S/C58H113O13P/c1-3-5-7-9-11-13-15-17-19-21-23-25-27-29-31-33-35-37-39-41-43-45-47-52(60)70-50(49-69-72(66,67)71-58-56(64)54(62)53(61)55(63)57(58)65)48-68-51(59)46-44-42-40-38-36-34-32-30-28-26-24-22-20-18-16-14-12-10-8-6-4-2/h50,53-58,61-65H,3-49H2,1-2H3,(H,66,67)/t50-,53?,54-,55?,56?,57?,58?/m1/s1. The maximum atomic E-state index is 12.9. The van der Waals surface area contributed by atoms with Gasteiger partial charge in [-0.1, -0.05) is 277 Å². The van der Waals surface area contributed by atoms with Gasteiger partial charge in [0.25, 0.3) is 0 Å². The van der Waals surface area contributed by atoms with Crippen LogP contribution in [-0.4, -0.2) is 98.3 Å². The molecule has 0 aromatic heterocycles. The SMILES string of the molecule is CCCCCCCCCCCCCCCCCCCCCCCCC(=O)O[C@H](COC(=O)CCCCCCCCCCCCCCCCCCCCCCC)COP(=O)(O)OC1C(O)C(O)C(O)[C@@H](O)C1O. The molecule has 1 fully saturated rings. The zero-order valence-corrected chi connectivity index (χ0v) is 47.2. The molecule has 8 atom stereocenters. The zero-order valence-electron chi connectivity index (χ0n) is 46.3. The van der Waals surface area contributed by atoms with Crippen molar-refractivity contribution in [2.45, 2.75) is 346 Å². The number of aliphatic hydroxyl groups excluding tert-OH is 5. The summed E-state index contributed by atoms with van der Waals surface area (Å²) in [5.74, 6) is -1.07. The largest absolute Gasteiger partial charge is 0.472 e. The fourth-order valence-corrected chi connectivity index (χ4v) is 10.9. The van der Waals surface area contributed by atoms with Crippen molar-refractivity contribution in [2.24, 2.45) is 0 Å². The van der Waals surface area contributed by atoms with Gasteiger partial charge in [-0.3, -0.25) is 18.6 Å². The highest BCUT2D eigenvalue weighted by molar-refractivity contribution is 7.47. The van der Waals surface area contributed by atoms with Crippen molar-refractivity contribution in [3.05, 3.63) is 0 Å². The van der Waals surface area contributed by atoms with Gasteiger partial charge in [0.15, 0.2) is 6.10 Å². The number of aliphatic hydroxyl groups is 5. The maximum absolute atomic E-state index is 12.9. The molecule has 6 unspecified atom stereocenters. The number of phosphoric ester groups is 1. The minimum Gasteiger partial charge on any atom is -0.462 e. The highest BCUT2D eigenvalue weighted by atomic mass is 31.2. The fraction of sp³-hybridized carbons (Fsp3) is 0.966. The van der Waals surface area contributed by atoms with Gasteiger partial charge in [0.1, 0.15) is 43.2 Å². The molecular weight excluding hydrogens is 936 g/mol. The Labute approximate surface area is 440 Å². The molecule has 0 aromatic rings. The third-order valence-electron chi connectivity index (χ3n) is 14.7. The molecule has 1 saturated carbocycles. The van der Waals surface area contributed by atoms with Gasteiger partial charge in [-0.25, -0.2) is 4.57 Å². The Morgan fingerprint density at radius 2 is 0.625 bits per heavy atom. The van der Waals surface area contributed by atoms with Crippen LogP contribution in [0.3, 0.4) is 0 Å². The molecular formula is C58H113O13P. The Balaban J connectivity index is 2.29. The zero-order chi connectivity index (χ0) is 52.8. The minimum atomic E-state index is -5.12. The summed E-state index contributed by atoms with van der Waals surface area (Å²) >= 11 is 0. The first kappa shape index (κ1) is 68.9. The molecule has 1 aliphatic carbocycles. The molecule has 0 amide bonds. The number of hydrogen-bond donors (Lipinski definition) is 6. The van der Waals surface area contributed by atoms with Crippen LogP contribution in [0.15, 0.2) is 0 Å². The Morgan fingerprint density at radius 3 is 0.917 bits per heavy atom. The van der Waals surface area contributed by atoms with Gasteiger partial charge in [0.2, 0.25) is 0 Å². The van der Waals surface area contributed by atoms with Crippen molar-refractivity contribution in [3.63, 3.8) is 0 Å². The molecule has 6 N–H and O–H groups in total. The van der Waals surface area contributed by atoms with Crippen molar-refractivity contribution < 1.29 is 63.1 Å². The Hall–Kier alpha value is -1.15. The topological polar surface area (TPSA) is 210 Å². The van der Waals surface area contributed by atoms with E-state index in [-0.39, 0.29) is 12.8 Å². The number of phosphoric acid groups is 1. The van der Waals surface area contributed by atoms with E-state index in [0.717, 1.165) is 38.5 Å². The summed E-state index contributed by atoms with van der Waals surface area (Å²) in [5, 5.41) is 50.4. The summed E-state index contributed by atoms with van der Waals surface area (Å²) in [6.45, 7) is 3.39. The highest BCUT2D eigenvalue weighted by Crippen LogP contribution is 2.47. The van der Waals surface area contributed by atoms with Gasteiger partial charge in [0, 0.05) is 12.8 Å². The van der Waals surface area contributed by atoms with Crippen LogP contribution in [-0.2, 0) is 32.7 Å². The van der Waals surface area contributed by atoms with Crippen LogP contribution in [0.5, 0.6) is 0 Å². The van der Waals surface area contributed by atoms with Crippen molar-refractivity contribution in [1.29, 1.82) is 0 Å². The Bertz CT molecular complexity index is 1260. The number of esters is 2. The first-order valence-corrected chi connectivity index (χ1v) is 31.8. The lowest BCUT2D eigenvalue weighted by molar-refractivity contribution is -0.220. The average Bonchev–Trinajstić information content (AvgIpc) is 3.36. The van der Waals surface area contributed by atoms with E-state index >= 15 is 0 Å². The molecule has 14 heteroatoms. The second-order valence-electron chi connectivity index (χ2n) is 21.6. The monoisotopic (exact) mass is 1050 g/mol. The third-order valence-corrected chi connectivity index (χ3v) is 15.7. The molecule has 1 rings (SSSR count). The lowest BCUT2D eigenvalue weighted by atomic mass is 9.85. The smallest absolute Gasteiger partial charge is 0.462 e. The second kappa shape index (κ2) is 48.2. The number of carbonyl (C=O) groups is 2. The molecule has 0 saturated heterocycles. The summed E-state index contributed by atoms with van der Waals surface area (Å²) in [4.78, 5) is 36.0. The van der Waals surface area contributed by atoms with Gasteiger partial charge in [-0.2, -0.15) is 0 Å². The molecule has 1 aliphatic rings. The van der Waals surface area contributed by atoms with E-state index in [2.05, 4.69) is 13.8 Å². The average molecular weight is 1050 g/mol. The van der Waals surface area contributed by atoms with E-state index in [9.17, 15) is 44.6 Å². The number of unbranched alkanes of at least 4 members (excludes halogenated alkanes) is 41. The van der Waals surface area contributed by atoms with Gasteiger partial charge in [-0.15, -0.1) is 0 Å². The first-order chi connectivity index (χ1) is 34.9. The minimum absolute atomic E-state index is 0.106. The van der Waals surface area contributed by atoms with Gasteiger partial charge >= 0.3 is 19.8 Å². The van der Waals surface area contributed by atoms with Gasteiger partial charge in [0.05, 0.1) is 6.61 Å². The number of ether oxygens (including phenoxy) is 2. The number of carbonyl (C=O) groups excluding carboxylic acids is 2. The molecule has 0 aromatic carbocycles. The molecule has 0 aliphatic heterocycles. The maximum Gasteiger partial charge on any atom is 0.472 e. The van der Waals surface area contributed by atoms with Crippen LogP contribution in [0.2, 0.25) is 0 Å². The van der Waals surface area contributed by atoms with E-state index < -0.39 is 75.7 Å². The van der Waals surface area contributed by atoms with Crippen LogP contribution < -0.4 is 0 Å². The van der Waals surface area contributed by atoms with Crippen LogP contribution in [0.25, 0.3) is 0 Å². The van der Waals surface area contributed by atoms with E-state index in [1.807, 2.05) is 0 Å². The highest BCUT2D eigenvalue weighted by Gasteiger charge is 2.51. The lowest BCUT2D eigenvalue weighted by Crippen LogP contribution is -2.64. The van der Waals surface area contributed by atoms with Crippen molar-refractivity contribution in [3.8, 4) is 0 Å². The summed E-state index contributed by atoms with van der Waals surface area (Å²) in [7, 11) is -5.12. The van der Waals surface area contributed by atoms with Gasteiger partial charge < -0.3 is 39.9 Å². The Morgan fingerprint density at radius 1 is 0.375 bits per heavy atom. The first-order valence-electron chi connectivity index (χ1n) is 30.3. The predicted octanol–water partition coefficient (Wildman–Crippen LogP) is 14.4. The number of rotatable bonds is 53. The molecule has 0 bridgehead atoms. The fourth-order valence-electron chi connectivity index (χ4n) is 9.88. The molecule has 13 nitrogen and oxygen atoms in total. The third kappa shape index (κ3) is 39.3. The summed E-state index contributed by atoms with van der Waals surface area (Å²) in [6, 6.07) is 0. The summed E-state index contributed by atoms with van der Waals surface area (Å²) in [5.41, 5.74) is 0. The molecule has 0 spiro atoms. The lowest BCUT2D eigenvalue weighted by Gasteiger charge is -2.41. The summed E-state index contributed by atoms with van der Waals surface area (Å²) in [6.07, 6.45) is 41.5. The van der Waals surface area contributed by atoms with Crippen LogP contribution >= 0.6 is 7.82 Å². The van der Waals surface area contributed by atoms with E-state index in [4.69, 9.17) is 18.5 Å². The van der Waals surface area contributed by atoms with E-state index in [0.29, 0.717) is 12.8 Å². The Kier molecular flexibility index (Phi) is 46.1. The molecule has 0 radical (unpaired) electrons. The van der Waals surface area contributed by atoms with Crippen molar-refractivity contribution >= 4 is 19.8 Å². The molecule has 72 heavy (non-hydrogen) atoms. The van der Waals surface area contributed by atoms with Crippen LogP contribution in [0.1, 0.15) is 303 Å². The molecule has 428 valence electrons.